The lowest BCUT2D eigenvalue weighted by Crippen LogP contribution is -2.51. The van der Waals surface area contributed by atoms with E-state index >= 15 is 0 Å². The van der Waals surface area contributed by atoms with Crippen molar-refractivity contribution in [1.82, 2.24) is 10.2 Å². The van der Waals surface area contributed by atoms with Crippen LogP contribution in [0.4, 0.5) is 5.69 Å². The van der Waals surface area contributed by atoms with Gasteiger partial charge in [0, 0.05) is 13.1 Å². The van der Waals surface area contributed by atoms with Crippen LogP contribution in [0.2, 0.25) is 5.02 Å². The van der Waals surface area contributed by atoms with E-state index in [1.54, 1.807) is 4.90 Å². The first kappa shape index (κ1) is 9.97. The highest BCUT2D eigenvalue weighted by Crippen LogP contribution is 2.27. The summed E-state index contributed by atoms with van der Waals surface area (Å²) in [6, 6.07) is 0. The summed E-state index contributed by atoms with van der Waals surface area (Å²) in [6.45, 7) is 0.723. The maximum Gasteiger partial charge on any atom is 0.310 e. The van der Waals surface area contributed by atoms with E-state index in [2.05, 4.69) is 10.2 Å². The fraction of sp³-hybridized carbons (Fsp3) is 0.375. The second kappa shape index (κ2) is 3.54. The molecule has 2 N–H and O–H groups in total. The van der Waals surface area contributed by atoms with E-state index in [1.807, 2.05) is 0 Å². The quantitative estimate of drug-likeness (QED) is 0.742. The summed E-state index contributed by atoms with van der Waals surface area (Å²) >= 11 is 5.76. The lowest BCUT2D eigenvalue weighted by atomic mass is 10.0. The number of aromatic amines is 1. The van der Waals surface area contributed by atoms with Gasteiger partial charge in [-0.15, -0.1) is 0 Å². The highest BCUT2D eigenvalue weighted by molar-refractivity contribution is 6.33. The maximum atomic E-state index is 11.1. The average Bonchev–Trinajstić information content (AvgIpc) is 2.09. The predicted molar refractivity (Wildman–Crippen MR) is 53.2 cm³/mol. The number of halogens is 1. The van der Waals surface area contributed by atoms with Crippen molar-refractivity contribution >= 4 is 23.3 Å². The smallest absolute Gasteiger partial charge is 0.310 e. The van der Waals surface area contributed by atoms with Crippen LogP contribution in [0.15, 0.2) is 11.0 Å². The van der Waals surface area contributed by atoms with Crippen LogP contribution in [-0.4, -0.2) is 34.4 Å². The zero-order valence-electron chi connectivity index (χ0n) is 7.61. The van der Waals surface area contributed by atoms with Crippen molar-refractivity contribution in [1.29, 1.82) is 0 Å². The Kier molecular flexibility index (Phi) is 2.36. The Morgan fingerprint density at radius 1 is 1.67 bits per heavy atom. The first-order chi connectivity index (χ1) is 7.09. The summed E-state index contributed by atoms with van der Waals surface area (Å²) in [4.78, 5) is 23.4. The van der Waals surface area contributed by atoms with Gasteiger partial charge in [0.15, 0.2) is 0 Å². The summed E-state index contributed by atoms with van der Waals surface area (Å²) in [6.07, 6.45) is 1.42. The van der Waals surface area contributed by atoms with Crippen LogP contribution in [0.3, 0.4) is 0 Å². The molecule has 0 atom stereocenters. The number of H-pyrrole nitrogens is 1. The molecule has 15 heavy (non-hydrogen) atoms. The van der Waals surface area contributed by atoms with Gasteiger partial charge in [-0.2, -0.15) is 5.10 Å². The topological polar surface area (TPSA) is 86.3 Å². The van der Waals surface area contributed by atoms with Crippen molar-refractivity contribution in [3.05, 3.63) is 21.6 Å². The van der Waals surface area contributed by atoms with Gasteiger partial charge in [0.2, 0.25) is 0 Å². The first-order valence-corrected chi connectivity index (χ1v) is 4.68. The molecule has 0 aliphatic carbocycles. The van der Waals surface area contributed by atoms with Crippen molar-refractivity contribution in [2.45, 2.75) is 0 Å². The average molecular weight is 230 g/mol. The summed E-state index contributed by atoms with van der Waals surface area (Å²) < 4.78 is 0. The summed E-state index contributed by atoms with van der Waals surface area (Å²) in [5, 5.41) is 14.5. The van der Waals surface area contributed by atoms with Crippen LogP contribution in [-0.2, 0) is 4.79 Å². The minimum Gasteiger partial charge on any atom is -0.481 e. The number of rotatable bonds is 2. The zero-order chi connectivity index (χ0) is 11.0. The Morgan fingerprint density at radius 2 is 2.33 bits per heavy atom. The minimum absolute atomic E-state index is 0.0499. The van der Waals surface area contributed by atoms with Crippen LogP contribution >= 0.6 is 11.6 Å². The van der Waals surface area contributed by atoms with Gasteiger partial charge in [-0.05, 0) is 0 Å². The van der Waals surface area contributed by atoms with Gasteiger partial charge in [-0.25, -0.2) is 5.10 Å². The van der Waals surface area contributed by atoms with Crippen LogP contribution in [0.5, 0.6) is 0 Å². The Morgan fingerprint density at radius 3 is 2.93 bits per heavy atom. The van der Waals surface area contributed by atoms with Crippen molar-refractivity contribution in [2.75, 3.05) is 18.0 Å². The minimum atomic E-state index is -0.833. The van der Waals surface area contributed by atoms with E-state index in [9.17, 15) is 9.59 Å². The first-order valence-electron chi connectivity index (χ1n) is 4.30. The van der Waals surface area contributed by atoms with E-state index in [0.717, 1.165) is 0 Å². The van der Waals surface area contributed by atoms with Gasteiger partial charge in [-0.3, -0.25) is 9.59 Å². The normalized spacial score (nSPS) is 16.2. The number of anilines is 1. The molecule has 2 rings (SSSR count). The van der Waals surface area contributed by atoms with Crippen LogP contribution < -0.4 is 10.5 Å². The molecule has 7 heteroatoms. The van der Waals surface area contributed by atoms with Gasteiger partial charge >= 0.3 is 5.97 Å². The third kappa shape index (κ3) is 1.68. The van der Waals surface area contributed by atoms with Crippen molar-refractivity contribution < 1.29 is 9.90 Å². The third-order valence-electron chi connectivity index (χ3n) is 2.35. The number of aromatic nitrogens is 2. The van der Waals surface area contributed by atoms with E-state index < -0.39 is 11.5 Å². The maximum absolute atomic E-state index is 11.1. The Hall–Kier alpha value is -1.56. The molecule has 0 spiro atoms. The zero-order valence-corrected chi connectivity index (χ0v) is 8.36. The number of carboxylic acid groups (broad SMARTS) is 1. The lowest BCUT2D eigenvalue weighted by Gasteiger charge is -2.38. The van der Waals surface area contributed by atoms with E-state index in [0.29, 0.717) is 18.8 Å². The number of carboxylic acids is 1. The molecular formula is C8H8ClN3O3. The van der Waals surface area contributed by atoms with Gasteiger partial charge in [0.1, 0.15) is 5.02 Å². The second-order valence-corrected chi connectivity index (χ2v) is 3.72. The summed E-state index contributed by atoms with van der Waals surface area (Å²) in [5.41, 5.74) is 0.0193. The number of nitrogens with one attached hydrogen (secondary N) is 1. The summed E-state index contributed by atoms with van der Waals surface area (Å²) in [7, 11) is 0. The number of aliphatic carboxylic acids is 1. The second-order valence-electron chi connectivity index (χ2n) is 3.34. The number of hydrogen-bond donors (Lipinski definition) is 2. The van der Waals surface area contributed by atoms with Crippen LogP contribution in [0.1, 0.15) is 0 Å². The molecule has 0 radical (unpaired) electrons. The third-order valence-corrected chi connectivity index (χ3v) is 2.71. The number of carbonyl (C=O) groups is 1. The Bertz CT molecular complexity index is 453. The largest absolute Gasteiger partial charge is 0.481 e. The van der Waals surface area contributed by atoms with Gasteiger partial charge < -0.3 is 10.0 Å². The molecule has 0 unspecified atom stereocenters. The highest BCUT2D eigenvalue weighted by atomic mass is 35.5. The van der Waals surface area contributed by atoms with E-state index in [4.69, 9.17) is 16.7 Å². The van der Waals surface area contributed by atoms with E-state index in [1.165, 1.54) is 6.20 Å². The molecule has 2 heterocycles. The molecule has 1 aromatic rings. The van der Waals surface area contributed by atoms with Crippen LogP contribution in [0.25, 0.3) is 0 Å². The Balaban J connectivity index is 2.17. The highest BCUT2D eigenvalue weighted by Gasteiger charge is 2.34. The SMILES string of the molecule is O=C(O)C1CN(c2cn[nH]c(=O)c2Cl)C1. The molecular weight excluding hydrogens is 222 g/mol. The van der Waals surface area contributed by atoms with Gasteiger partial charge in [0.05, 0.1) is 17.8 Å². The molecule has 1 aromatic heterocycles. The monoisotopic (exact) mass is 229 g/mol. The molecule has 0 bridgehead atoms. The number of hydrogen-bond acceptors (Lipinski definition) is 4. The van der Waals surface area contributed by atoms with Gasteiger partial charge in [0.25, 0.3) is 5.56 Å². The summed E-state index contributed by atoms with van der Waals surface area (Å²) in [5.74, 6) is -1.22. The standard InChI is InChI=1S/C8H8ClN3O3/c9-6-5(1-10-11-7(6)13)12-2-4(3-12)8(14)15/h1,4H,2-3H2,(H,11,13)(H,14,15). The fourth-order valence-corrected chi connectivity index (χ4v) is 1.64. The van der Waals surface area contributed by atoms with Crippen molar-refractivity contribution in [3.8, 4) is 0 Å². The van der Waals surface area contributed by atoms with Crippen molar-refractivity contribution in [3.63, 3.8) is 0 Å². The fourth-order valence-electron chi connectivity index (χ4n) is 1.43. The molecule has 0 aromatic carbocycles. The molecule has 0 amide bonds. The molecule has 80 valence electrons. The molecule has 1 saturated heterocycles. The van der Waals surface area contributed by atoms with Crippen LogP contribution in [0, 0.1) is 5.92 Å². The molecule has 6 nitrogen and oxygen atoms in total. The number of nitrogens with zero attached hydrogens (tertiary/aromatic N) is 2. The van der Waals surface area contributed by atoms with Crippen molar-refractivity contribution in [2.24, 2.45) is 5.92 Å². The molecule has 1 fully saturated rings. The van der Waals surface area contributed by atoms with Gasteiger partial charge in [-0.1, -0.05) is 11.6 Å². The predicted octanol–water partition coefficient (Wildman–Crippen LogP) is -0.0559. The lowest BCUT2D eigenvalue weighted by molar-refractivity contribution is -0.142. The Labute approximate surface area is 89.5 Å². The molecule has 1 aliphatic rings. The molecule has 0 saturated carbocycles. The van der Waals surface area contributed by atoms with E-state index in [-0.39, 0.29) is 10.9 Å². The molecule has 1 aliphatic heterocycles.